The van der Waals surface area contributed by atoms with Gasteiger partial charge in [0.05, 0.1) is 5.75 Å². The molecule has 0 amide bonds. The largest absolute Gasteiger partial charge is 0.338 e. The molecule has 1 fully saturated rings. The van der Waals surface area contributed by atoms with Crippen LogP contribution in [0, 0.1) is 12.7 Å². The van der Waals surface area contributed by atoms with Gasteiger partial charge in [0.1, 0.15) is 11.7 Å². The number of aromatic nitrogens is 2. The third kappa shape index (κ3) is 2.40. The topological polar surface area (TPSA) is 56.0 Å². The molecule has 0 radical (unpaired) electrons. The van der Waals surface area contributed by atoms with Gasteiger partial charge in [0.25, 0.3) is 0 Å². The molecule has 0 saturated carbocycles. The lowest BCUT2D eigenvalue weighted by Gasteiger charge is -1.99. The van der Waals surface area contributed by atoms with E-state index in [1.165, 1.54) is 12.1 Å². The van der Waals surface area contributed by atoms with E-state index in [1.54, 1.807) is 24.8 Å². The molecule has 1 aromatic heterocycles. The fourth-order valence-corrected chi connectivity index (χ4v) is 3.12. The van der Waals surface area contributed by atoms with Crippen LogP contribution in [0.5, 0.6) is 0 Å². The average molecular weight is 278 g/mol. The Bertz CT molecular complexity index is 621. The summed E-state index contributed by atoms with van der Waals surface area (Å²) in [4.78, 5) is 15.8. The van der Waals surface area contributed by atoms with E-state index in [9.17, 15) is 9.18 Å². The van der Waals surface area contributed by atoms with Crippen molar-refractivity contribution in [3.05, 3.63) is 35.5 Å². The van der Waals surface area contributed by atoms with Crippen LogP contribution in [0.4, 0.5) is 4.39 Å². The summed E-state index contributed by atoms with van der Waals surface area (Å²) in [6.07, 6.45) is 0. The van der Waals surface area contributed by atoms with Crippen molar-refractivity contribution < 1.29 is 13.7 Å². The highest BCUT2D eigenvalue weighted by Gasteiger charge is 2.31. The van der Waals surface area contributed by atoms with E-state index in [0.29, 0.717) is 28.8 Å². The second kappa shape index (κ2) is 4.77. The Kier molecular flexibility index (Phi) is 3.10. The number of carbonyl (C=O) groups excluding carboxylic acids is 1. The van der Waals surface area contributed by atoms with Gasteiger partial charge in [-0.1, -0.05) is 5.16 Å². The number of ketones is 1. The minimum absolute atomic E-state index is 0.107. The summed E-state index contributed by atoms with van der Waals surface area (Å²) in [5.74, 6) is 1.25. The summed E-state index contributed by atoms with van der Waals surface area (Å²) in [5.41, 5.74) is 1.35. The van der Waals surface area contributed by atoms with Crippen LogP contribution in [0.3, 0.4) is 0 Å². The lowest BCUT2D eigenvalue weighted by Crippen LogP contribution is -2.09. The Balaban J connectivity index is 1.94. The molecule has 1 aliphatic rings. The number of hydrogen-bond donors (Lipinski definition) is 0. The fourth-order valence-electron chi connectivity index (χ4n) is 2.04. The molecule has 1 unspecified atom stereocenters. The van der Waals surface area contributed by atoms with Gasteiger partial charge in [0, 0.05) is 11.3 Å². The Morgan fingerprint density at radius 3 is 2.95 bits per heavy atom. The minimum Gasteiger partial charge on any atom is -0.338 e. The summed E-state index contributed by atoms with van der Waals surface area (Å²) < 4.78 is 18.5. The monoisotopic (exact) mass is 278 g/mol. The highest BCUT2D eigenvalue weighted by atomic mass is 32.2. The summed E-state index contributed by atoms with van der Waals surface area (Å²) in [5, 5.41) is 3.83. The van der Waals surface area contributed by atoms with E-state index in [2.05, 4.69) is 10.1 Å². The summed E-state index contributed by atoms with van der Waals surface area (Å²) in [6, 6.07) is 4.57. The summed E-state index contributed by atoms with van der Waals surface area (Å²) >= 11 is 1.56. The van der Waals surface area contributed by atoms with Gasteiger partial charge in [-0.3, -0.25) is 4.79 Å². The molecule has 98 valence electrons. The third-order valence-electron chi connectivity index (χ3n) is 2.96. The number of halogens is 1. The Morgan fingerprint density at radius 1 is 1.42 bits per heavy atom. The molecule has 2 heterocycles. The number of aryl methyl sites for hydroxylation is 1. The van der Waals surface area contributed by atoms with E-state index in [0.717, 1.165) is 5.56 Å². The molecule has 1 aliphatic heterocycles. The maximum Gasteiger partial charge on any atom is 0.238 e. The molecule has 6 heteroatoms. The van der Waals surface area contributed by atoms with Gasteiger partial charge in [-0.05, 0) is 30.7 Å². The van der Waals surface area contributed by atoms with Crippen LogP contribution in [0.1, 0.15) is 17.4 Å². The van der Waals surface area contributed by atoms with Crippen molar-refractivity contribution >= 4 is 17.5 Å². The van der Waals surface area contributed by atoms with Crippen LogP contribution in [-0.4, -0.2) is 27.4 Å². The van der Waals surface area contributed by atoms with Crippen LogP contribution in [-0.2, 0) is 4.79 Å². The molecule has 3 rings (SSSR count). The first kappa shape index (κ1) is 12.3. The summed E-state index contributed by atoms with van der Waals surface area (Å²) in [7, 11) is 0. The second-order valence-electron chi connectivity index (χ2n) is 4.51. The van der Waals surface area contributed by atoms with Crippen molar-refractivity contribution in [1.82, 2.24) is 10.1 Å². The smallest absolute Gasteiger partial charge is 0.238 e. The Hall–Kier alpha value is -1.69. The Labute approximate surface area is 113 Å². The van der Waals surface area contributed by atoms with Crippen LogP contribution in [0.2, 0.25) is 0 Å². The van der Waals surface area contributed by atoms with Crippen molar-refractivity contribution in [3.63, 3.8) is 0 Å². The van der Waals surface area contributed by atoms with Crippen LogP contribution in [0.15, 0.2) is 22.7 Å². The van der Waals surface area contributed by atoms with Crippen LogP contribution in [0.25, 0.3) is 11.4 Å². The number of Topliss-reactive ketones (excluding diaryl/α,β-unsaturated/α-hetero) is 1. The number of thioether (sulfide) groups is 1. The first-order valence-electron chi connectivity index (χ1n) is 5.85. The number of hydrogen-bond acceptors (Lipinski definition) is 5. The maximum absolute atomic E-state index is 13.3. The van der Waals surface area contributed by atoms with E-state index >= 15 is 0 Å². The number of benzene rings is 1. The number of carbonyl (C=O) groups is 1. The van der Waals surface area contributed by atoms with Crippen molar-refractivity contribution in [2.24, 2.45) is 0 Å². The van der Waals surface area contributed by atoms with Gasteiger partial charge in [-0.2, -0.15) is 16.7 Å². The molecular weight excluding hydrogens is 267 g/mol. The lowest BCUT2D eigenvalue weighted by molar-refractivity contribution is -0.117. The molecule has 0 aliphatic carbocycles. The van der Waals surface area contributed by atoms with Gasteiger partial charge in [-0.25, -0.2) is 4.39 Å². The van der Waals surface area contributed by atoms with Gasteiger partial charge in [0.15, 0.2) is 5.78 Å². The minimum atomic E-state index is -0.339. The zero-order valence-corrected chi connectivity index (χ0v) is 11.0. The first-order chi connectivity index (χ1) is 9.13. The van der Waals surface area contributed by atoms with E-state index < -0.39 is 0 Å². The second-order valence-corrected chi connectivity index (χ2v) is 5.54. The van der Waals surface area contributed by atoms with Crippen LogP contribution < -0.4 is 0 Å². The van der Waals surface area contributed by atoms with Gasteiger partial charge in [0.2, 0.25) is 11.7 Å². The van der Waals surface area contributed by atoms with Crippen LogP contribution >= 0.6 is 11.8 Å². The molecule has 4 nitrogen and oxygen atoms in total. The highest BCUT2D eigenvalue weighted by molar-refractivity contribution is 8.00. The lowest BCUT2D eigenvalue weighted by atomic mass is 10.1. The predicted octanol–water partition coefficient (Wildman–Crippen LogP) is 2.58. The SMILES string of the molecule is Cc1cc(F)cc(-c2noc(C3CSCC3=O)n2)c1. The Morgan fingerprint density at radius 2 is 2.26 bits per heavy atom. The first-order valence-corrected chi connectivity index (χ1v) is 7.00. The molecule has 19 heavy (non-hydrogen) atoms. The quantitative estimate of drug-likeness (QED) is 0.845. The van der Waals surface area contributed by atoms with E-state index in [1.807, 2.05) is 0 Å². The molecule has 0 bridgehead atoms. The van der Waals surface area contributed by atoms with E-state index in [-0.39, 0.29) is 17.5 Å². The molecular formula is C13H11FN2O2S. The van der Waals surface area contributed by atoms with Gasteiger partial charge >= 0.3 is 0 Å². The van der Waals surface area contributed by atoms with Gasteiger partial charge in [-0.15, -0.1) is 0 Å². The van der Waals surface area contributed by atoms with E-state index in [4.69, 9.17) is 4.52 Å². The fraction of sp³-hybridized carbons (Fsp3) is 0.308. The zero-order chi connectivity index (χ0) is 13.4. The van der Waals surface area contributed by atoms with Gasteiger partial charge < -0.3 is 4.52 Å². The van der Waals surface area contributed by atoms with Crippen molar-refractivity contribution in [2.45, 2.75) is 12.8 Å². The zero-order valence-electron chi connectivity index (χ0n) is 10.2. The van der Waals surface area contributed by atoms with Crippen molar-refractivity contribution in [2.75, 3.05) is 11.5 Å². The molecule has 1 atom stereocenters. The summed E-state index contributed by atoms with van der Waals surface area (Å²) in [6.45, 7) is 1.80. The van der Waals surface area contributed by atoms with Crippen molar-refractivity contribution in [3.8, 4) is 11.4 Å². The van der Waals surface area contributed by atoms with Crippen molar-refractivity contribution in [1.29, 1.82) is 0 Å². The number of rotatable bonds is 2. The molecule has 2 aromatic rings. The highest BCUT2D eigenvalue weighted by Crippen LogP contribution is 2.30. The normalized spacial score (nSPS) is 19.1. The number of nitrogens with zero attached hydrogens (tertiary/aromatic N) is 2. The molecule has 0 spiro atoms. The predicted molar refractivity (Wildman–Crippen MR) is 69.5 cm³/mol. The molecule has 1 aromatic carbocycles. The third-order valence-corrected chi connectivity index (χ3v) is 4.02. The average Bonchev–Trinajstić information content (AvgIpc) is 2.95. The molecule has 1 saturated heterocycles. The standard InChI is InChI=1S/C13H11FN2O2S/c1-7-2-8(4-9(14)3-7)12-15-13(18-16-12)10-5-19-6-11(10)17/h2-4,10H,5-6H2,1H3. The maximum atomic E-state index is 13.3. The molecule has 0 N–H and O–H groups in total.